The van der Waals surface area contributed by atoms with Crippen LogP contribution in [0, 0.1) is 0 Å². The highest BCUT2D eigenvalue weighted by Crippen LogP contribution is 1.92. The second-order valence-electron chi connectivity index (χ2n) is 1.08. The van der Waals surface area contributed by atoms with E-state index in [1.165, 1.54) is 6.07 Å². The van der Waals surface area contributed by atoms with Gasteiger partial charge in [-0.25, -0.2) is 0 Å². The highest BCUT2D eigenvalue weighted by atomic mass is 16.5. The van der Waals surface area contributed by atoms with Crippen molar-refractivity contribution < 1.29 is 11.0 Å². The third kappa shape index (κ3) is 0.778. The van der Waals surface area contributed by atoms with Crippen molar-refractivity contribution in [3.05, 3.63) is 18.0 Å². The Bertz CT molecular complexity index is 174. The number of aliphatic hydroxyl groups is 1. The van der Waals surface area contributed by atoms with E-state index in [-0.39, 0.29) is 12.8 Å². The molecule has 3 heteroatoms. The van der Waals surface area contributed by atoms with Crippen LogP contribution in [0.5, 0.6) is 0 Å². The van der Waals surface area contributed by atoms with Crippen molar-refractivity contribution in [3.63, 3.8) is 0 Å². The van der Waals surface area contributed by atoms with Crippen LogP contribution >= 0.6 is 0 Å². The molecule has 0 aliphatic heterocycles. The van der Waals surface area contributed by atoms with E-state index >= 15 is 0 Å². The fraction of sp³-hybridized carbons (Fsp3) is 0.250. The maximum atomic E-state index is 8.33. The van der Waals surface area contributed by atoms with Crippen molar-refractivity contribution in [2.75, 3.05) is 0 Å². The third-order valence-corrected chi connectivity index (χ3v) is 0.597. The lowest BCUT2D eigenvalue weighted by Crippen LogP contribution is -1.72. The van der Waals surface area contributed by atoms with Gasteiger partial charge in [-0.05, 0) is 0 Å². The molecule has 1 aromatic heterocycles. The molecule has 0 spiro atoms. The molecular formula is C4H5NO2. The lowest BCUT2D eigenvalue weighted by atomic mass is 10.5. The van der Waals surface area contributed by atoms with Crippen LogP contribution in [-0.4, -0.2) is 10.3 Å². The topological polar surface area (TPSA) is 46.3 Å². The molecular weight excluding hydrogens is 94.0 g/mol. The predicted molar refractivity (Wildman–Crippen MR) is 22.4 cm³/mol. The first kappa shape index (κ1) is 3.21. The second kappa shape index (κ2) is 1.75. The van der Waals surface area contributed by atoms with E-state index in [9.17, 15) is 0 Å². The smallest absolute Gasteiger partial charge is 0.162 e. The summed E-state index contributed by atoms with van der Waals surface area (Å²) in [6.07, 6.45) is 0.0500. The monoisotopic (exact) mass is 100 g/mol. The standard InChI is InChI=1S/C4H5NO2/c6-3-4-1-2-5-7-4/h1-2,6H,3H2/i2D. The second-order valence-corrected chi connectivity index (χ2v) is 1.08. The Balaban J connectivity index is 2.84. The zero-order chi connectivity index (χ0) is 5.98. The summed E-state index contributed by atoms with van der Waals surface area (Å²) in [5.74, 6) is 0.329. The highest BCUT2D eigenvalue weighted by molar-refractivity contribution is 4.89. The molecule has 0 unspecified atom stereocenters. The molecule has 1 heterocycles. The summed E-state index contributed by atoms with van der Waals surface area (Å²) in [7, 11) is 0. The Labute approximate surface area is 42.0 Å². The lowest BCUT2D eigenvalue weighted by Gasteiger charge is -1.76. The van der Waals surface area contributed by atoms with Crippen LogP contribution in [0.3, 0.4) is 0 Å². The molecule has 0 aliphatic carbocycles. The zero-order valence-electron chi connectivity index (χ0n) is 4.59. The fourth-order valence-electron chi connectivity index (χ4n) is 0.284. The highest BCUT2D eigenvalue weighted by Gasteiger charge is 1.87. The normalized spacial score (nSPS) is 11.3. The molecule has 0 bridgehead atoms. The molecule has 0 radical (unpaired) electrons. The first-order valence-corrected chi connectivity index (χ1v) is 1.86. The van der Waals surface area contributed by atoms with Crippen molar-refractivity contribution in [2.24, 2.45) is 0 Å². The summed E-state index contributed by atoms with van der Waals surface area (Å²) < 4.78 is 11.2. The van der Waals surface area contributed by atoms with Gasteiger partial charge in [-0.1, -0.05) is 5.16 Å². The molecule has 0 fully saturated rings. The van der Waals surface area contributed by atoms with Gasteiger partial charge in [0.25, 0.3) is 0 Å². The van der Waals surface area contributed by atoms with Crippen LogP contribution in [0.2, 0.25) is 0 Å². The van der Waals surface area contributed by atoms with Crippen LogP contribution in [0.25, 0.3) is 0 Å². The van der Waals surface area contributed by atoms with E-state index in [1.54, 1.807) is 0 Å². The van der Waals surface area contributed by atoms with Gasteiger partial charge >= 0.3 is 0 Å². The molecule has 3 nitrogen and oxygen atoms in total. The van der Waals surface area contributed by atoms with Gasteiger partial charge in [-0.2, -0.15) is 0 Å². The molecule has 0 saturated carbocycles. The van der Waals surface area contributed by atoms with Gasteiger partial charge in [0.15, 0.2) is 5.76 Å². The van der Waals surface area contributed by atoms with Crippen LogP contribution in [-0.2, 0) is 6.61 Å². The van der Waals surface area contributed by atoms with Gasteiger partial charge in [0.05, 0.1) is 7.54 Å². The van der Waals surface area contributed by atoms with Crippen LogP contribution in [0.4, 0.5) is 0 Å². The molecule has 7 heavy (non-hydrogen) atoms. The van der Waals surface area contributed by atoms with E-state index in [2.05, 4.69) is 9.68 Å². The summed E-state index contributed by atoms with van der Waals surface area (Å²) in [6.45, 7) is -0.189. The Hall–Kier alpha value is -0.830. The molecule has 0 aromatic carbocycles. The van der Waals surface area contributed by atoms with Gasteiger partial charge in [-0.3, -0.25) is 0 Å². The largest absolute Gasteiger partial charge is 0.388 e. The molecule has 0 atom stereocenters. The molecule has 0 saturated heterocycles. The maximum Gasteiger partial charge on any atom is 0.162 e. The lowest BCUT2D eigenvalue weighted by molar-refractivity contribution is 0.229. The Morgan fingerprint density at radius 3 is 3.29 bits per heavy atom. The zero-order valence-corrected chi connectivity index (χ0v) is 3.59. The van der Waals surface area contributed by atoms with E-state index < -0.39 is 0 Å². The average Bonchev–Trinajstić information content (AvgIpc) is 2.14. The van der Waals surface area contributed by atoms with Crippen molar-refractivity contribution in [2.45, 2.75) is 6.61 Å². The van der Waals surface area contributed by atoms with Crippen molar-refractivity contribution >= 4 is 0 Å². The van der Waals surface area contributed by atoms with Crippen molar-refractivity contribution in [1.29, 1.82) is 0 Å². The molecule has 0 amide bonds. The van der Waals surface area contributed by atoms with Crippen LogP contribution in [0.15, 0.2) is 16.8 Å². The van der Waals surface area contributed by atoms with Crippen molar-refractivity contribution in [1.82, 2.24) is 5.16 Å². The van der Waals surface area contributed by atoms with Gasteiger partial charge in [-0.15, -0.1) is 0 Å². The molecule has 1 rings (SSSR count). The number of nitrogens with zero attached hydrogens (tertiary/aromatic N) is 1. The van der Waals surface area contributed by atoms with Gasteiger partial charge < -0.3 is 9.63 Å². The minimum Gasteiger partial charge on any atom is -0.388 e. The van der Waals surface area contributed by atoms with Crippen LogP contribution < -0.4 is 0 Å². The fourth-order valence-corrected chi connectivity index (χ4v) is 0.284. The molecule has 38 valence electrons. The minimum absolute atomic E-state index is 0.0500. The number of rotatable bonds is 1. The number of hydrogen-bond acceptors (Lipinski definition) is 3. The first-order valence-electron chi connectivity index (χ1n) is 2.36. The maximum absolute atomic E-state index is 8.33. The van der Waals surface area contributed by atoms with Gasteiger partial charge in [0.2, 0.25) is 0 Å². The third-order valence-electron chi connectivity index (χ3n) is 0.597. The Morgan fingerprint density at radius 2 is 3.00 bits per heavy atom. The Morgan fingerprint density at radius 1 is 2.14 bits per heavy atom. The summed E-state index contributed by atoms with van der Waals surface area (Å²) in [4.78, 5) is 0. The van der Waals surface area contributed by atoms with E-state index in [0.29, 0.717) is 5.76 Å². The van der Waals surface area contributed by atoms with E-state index in [4.69, 9.17) is 6.48 Å². The summed E-state index contributed by atoms with van der Waals surface area (Å²) in [6, 6.07) is 1.36. The van der Waals surface area contributed by atoms with Crippen LogP contribution in [0.1, 0.15) is 7.13 Å². The van der Waals surface area contributed by atoms with E-state index in [1.807, 2.05) is 0 Å². The first-order chi connectivity index (χ1) is 3.83. The summed E-state index contributed by atoms with van der Waals surface area (Å²) in [5.41, 5.74) is 0. The van der Waals surface area contributed by atoms with Gasteiger partial charge in [0, 0.05) is 6.07 Å². The van der Waals surface area contributed by atoms with E-state index in [0.717, 1.165) is 0 Å². The summed E-state index contributed by atoms with van der Waals surface area (Å²) >= 11 is 0. The minimum atomic E-state index is -0.189. The predicted octanol–water partition coefficient (Wildman–Crippen LogP) is 0.167. The average molecular weight is 100 g/mol. The molecule has 1 aromatic rings. The quantitative estimate of drug-likeness (QED) is 0.547. The molecule has 0 aliphatic rings. The summed E-state index contributed by atoms with van der Waals surface area (Å²) in [5, 5.41) is 11.6. The number of aromatic nitrogens is 1. The molecule has 1 N–H and O–H groups in total. The SMILES string of the molecule is [2H]c1cc(CO)on1. The number of aliphatic hydroxyl groups excluding tert-OH is 1. The van der Waals surface area contributed by atoms with Crippen molar-refractivity contribution in [3.8, 4) is 0 Å². The Kier molecular flexibility index (Phi) is 0.801. The van der Waals surface area contributed by atoms with Gasteiger partial charge in [0.1, 0.15) is 6.61 Å². The number of hydrogen-bond donors (Lipinski definition) is 1.